The third-order valence-corrected chi connectivity index (χ3v) is 7.14. The molecule has 0 bridgehead atoms. The van der Waals surface area contributed by atoms with Gasteiger partial charge in [0.25, 0.3) is 0 Å². The first-order valence-corrected chi connectivity index (χ1v) is 13.2. The molecule has 1 aromatic carbocycles. The van der Waals surface area contributed by atoms with E-state index < -0.39 is 41.5 Å². The molecule has 10 heteroatoms. The van der Waals surface area contributed by atoms with Crippen LogP contribution in [0.1, 0.15) is 63.3 Å². The first-order valence-electron chi connectivity index (χ1n) is 13.2. The van der Waals surface area contributed by atoms with Crippen LogP contribution in [0.4, 0.5) is 17.6 Å². The van der Waals surface area contributed by atoms with Crippen molar-refractivity contribution >= 4 is 5.78 Å². The third kappa shape index (κ3) is 6.78. The number of aromatic nitrogens is 2. The van der Waals surface area contributed by atoms with Gasteiger partial charge in [-0.3, -0.25) is 4.79 Å². The van der Waals surface area contributed by atoms with E-state index in [2.05, 4.69) is 0 Å². The van der Waals surface area contributed by atoms with Crippen molar-refractivity contribution in [2.24, 2.45) is 17.1 Å². The summed E-state index contributed by atoms with van der Waals surface area (Å²) < 4.78 is 67.0. The first kappa shape index (κ1) is 29.0. The molecule has 1 aliphatic heterocycles. The summed E-state index contributed by atoms with van der Waals surface area (Å²) >= 11 is 0. The quantitative estimate of drug-likeness (QED) is 0.296. The molecule has 212 valence electrons. The summed E-state index contributed by atoms with van der Waals surface area (Å²) in [6, 6.07) is 11.5. The Kier molecular flexibility index (Phi) is 8.66. The highest BCUT2D eigenvalue weighted by atomic mass is 19.4. The number of hydrogen-bond donors (Lipinski definition) is 1. The van der Waals surface area contributed by atoms with E-state index >= 15 is 0 Å². The van der Waals surface area contributed by atoms with Crippen LogP contribution in [0.5, 0.6) is 0 Å². The molecule has 3 aromatic rings. The van der Waals surface area contributed by atoms with Crippen LogP contribution < -0.4 is 5.73 Å². The van der Waals surface area contributed by atoms with E-state index in [1.54, 1.807) is 10.8 Å². The SMILES string of the molecule is CC(C)(C)C(c1nc(-c2ccccc2)cn1Cc1ccc(C(F)(F)F)o1)[C@@H](C[C@@H](F)CN)C(=O)[C@@H]1CCCO1. The summed E-state index contributed by atoms with van der Waals surface area (Å²) in [5, 5.41) is 0. The number of nitrogens with zero attached hydrogens (tertiary/aromatic N) is 2. The normalized spacial score (nSPS) is 18.7. The highest BCUT2D eigenvalue weighted by molar-refractivity contribution is 5.86. The molecule has 1 aliphatic rings. The van der Waals surface area contributed by atoms with Crippen LogP contribution in [0.2, 0.25) is 0 Å². The second kappa shape index (κ2) is 11.6. The largest absolute Gasteiger partial charge is 0.455 e. The van der Waals surface area contributed by atoms with Gasteiger partial charge in [0.2, 0.25) is 5.76 Å². The molecule has 0 aliphatic carbocycles. The summed E-state index contributed by atoms with van der Waals surface area (Å²) in [6.07, 6.45) is -3.74. The second-order valence-electron chi connectivity index (χ2n) is 11.2. The number of carbonyl (C=O) groups excluding carboxylic acids is 1. The van der Waals surface area contributed by atoms with Crippen LogP contribution in [-0.2, 0) is 22.3 Å². The van der Waals surface area contributed by atoms with Crippen LogP contribution in [0.15, 0.2) is 53.1 Å². The standard InChI is InChI=1S/C29H35F4N3O3/c1-28(2,3)25(21(14-19(30)15-34)26(37)23-10-7-13-38-23)27-35-22(18-8-5-4-6-9-18)17-36(27)16-20-11-12-24(39-20)29(31,32)33/h4-6,8-9,11-12,17,19,21,23,25H,7,10,13-16,34H2,1-3H3/t19-,21-,23+,25?/m1/s1. The Morgan fingerprint density at radius 2 is 1.87 bits per heavy atom. The molecule has 1 unspecified atom stereocenters. The zero-order valence-corrected chi connectivity index (χ0v) is 22.4. The number of furan rings is 1. The maximum absolute atomic E-state index is 14.9. The van der Waals surface area contributed by atoms with Crippen LogP contribution >= 0.6 is 0 Å². The monoisotopic (exact) mass is 549 g/mol. The molecule has 2 N–H and O–H groups in total. The molecule has 4 rings (SSSR count). The van der Waals surface area contributed by atoms with E-state index in [9.17, 15) is 22.4 Å². The molecular weight excluding hydrogens is 514 g/mol. The fraction of sp³-hybridized carbons (Fsp3) is 0.517. The van der Waals surface area contributed by atoms with E-state index in [1.165, 1.54) is 6.07 Å². The maximum Gasteiger partial charge on any atom is 0.449 e. The van der Waals surface area contributed by atoms with Crippen molar-refractivity contribution in [3.05, 3.63) is 66.0 Å². The number of nitrogens with two attached hydrogens (primary N) is 1. The fourth-order valence-corrected chi connectivity index (χ4v) is 5.34. The van der Waals surface area contributed by atoms with Crippen molar-refractivity contribution in [1.29, 1.82) is 0 Å². The van der Waals surface area contributed by atoms with E-state index in [4.69, 9.17) is 19.9 Å². The van der Waals surface area contributed by atoms with Crippen LogP contribution in [0.3, 0.4) is 0 Å². The van der Waals surface area contributed by atoms with Gasteiger partial charge < -0.3 is 19.5 Å². The molecule has 4 atom stereocenters. The highest BCUT2D eigenvalue weighted by Crippen LogP contribution is 2.45. The molecule has 2 aromatic heterocycles. The Labute approximate surface area is 225 Å². The number of ketones is 1. The van der Waals surface area contributed by atoms with Gasteiger partial charge in [-0.2, -0.15) is 13.2 Å². The van der Waals surface area contributed by atoms with Crippen LogP contribution in [0.25, 0.3) is 11.3 Å². The van der Waals surface area contributed by atoms with Gasteiger partial charge in [0.15, 0.2) is 5.78 Å². The number of alkyl halides is 4. The summed E-state index contributed by atoms with van der Waals surface area (Å²) in [7, 11) is 0. The maximum atomic E-state index is 14.9. The van der Waals surface area contributed by atoms with Crippen molar-refractivity contribution < 1.29 is 31.5 Å². The Morgan fingerprint density at radius 3 is 2.44 bits per heavy atom. The zero-order chi connectivity index (χ0) is 28.4. The topological polar surface area (TPSA) is 83.3 Å². The lowest BCUT2D eigenvalue weighted by Crippen LogP contribution is -2.40. The lowest BCUT2D eigenvalue weighted by atomic mass is 9.68. The number of imidazole rings is 1. The number of benzene rings is 1. The van der Waals surface area contributed by atoms with Crippen LogP contribution in [-0.4, -0.2) is 40.8 Å². The predicted molar refractivity (Wildman–Crippen MR) is 139 cm³/mol. The summed E-state index contributed by atoms with van der Waals surface area (Å²) in [6.45, 7) is 6.01. The predicted octanol–water partition coefficient (Wildman–Crippen LogP) is 6.39. The minimum absolute atomic E-state index is 0.0470. The van der Waals surface area contributed by atoms with Crippen molar-refractivity contribution in [2.75, 3.05) is 13.2 Å². The Hall–Kier alpha value is -2.98. The molecule has 1 saturated heterocycles. The molecule has 1 fully saturated rings. The van der Waals surface area contributed by atoms with E-state index in [0.29, 0.717) is 24.5 Å². The zero-order valence-electron chi connectivity index (χ0n) is 22.4. The number of ether oxygens (including phenoxy) is 1. The van der Waals surface area contributed by atoms with Crippen molar-refractivity contribution in [2.45, 2.75) is 70.9 Å². The molecule has 6 nitrogen and oxygen atoms in total. The molecule has 0 radical (unpaired) electrons. The van der Waals surface area contributed by atoms with Gasteiger partial charge in [0.05, 0.1) is 12.2 Å². The smallest absolute Gasteiger partial charge is 0.449 e. The minimum Gasteiger partial charge on any atom is -0.455 e. The Morgan fingerprint density at radius 1 is 1.15 bits per heavy atom. The average Bonchev–Trinajstić information content (AvgIpc) is 3.65. The van der Waals surface area contributed by atoms with Gasteiger partial charge in [-0.05, 0) is 36.8 Å². The summed E-state index contributed by atoms with van der Waals surface area (Å²) in [4.78, 5) is 18.7. The van der Waals surface area contributed by atoms with Gasteiger partial charge >= 0.3 is 6.18 Å². The van der Waals surface area contributed by atoms with Crippen molar-refractivity contribution in [1.82, 2.24) is 9.55 Å². The number of rotatable bonds is 10. The number of hydrogen-bond acceptors (Lipinski definition) is 5. The molecule has 39 heavy (non-hydrogen) atoms. The van der Waals surface area contributed by atoms with E-state index in [1.807, 2.05) is 51.1 Å². The Balaban J connectivity index is 1.83. The fourth-order valence-electron chi connectivity index (χ4n) is 5.34. The molecule has 0 amide bonds. The minimum atomic E-state index is -4.61. The van der Waals surface area contributed by atoms with Crippen molar-refractivity contribution in [3.63, 3.8) is 0 Å². The van der Waals surface area contributed by atoms with E-state index in [0.717, 1.165) is 18.1 Å². The number of carbonyl (C=O) groups is 1. The van der Waals surface area contributed by atoms with Gasteiger partial charge in [-0.1, -0.05) is 51.1 Å². The summed E-state index contributed by atoms with van der Waals surface area (Å²) in [5.74, 6) is -2.14. The summed E-state index contributed by atoms with van der Waals surface area (Å²) in [5.41, 5.74) is 6.43. The van der Waals surface area contributed by atoms with Gasteiger partial charge in [-0.25, -0.2) is 9.37 Å². The molecule has 0 spiro atoms. The van der Waals surface area contributed by atoms with Gasteiger partial charge in [-0.15, -0.1) is 0 Å². The van der Waals surface area contributed by atoms with E-state index in [-0.39, 0.29) is 31.1 Å². The molecule has 0 saturated carbocycles. The van der Waals surface area contributed by atoms with Crippen LogP contribution in [0, 0.1) is 11.3 Å². The van der Waals surface area contributed by atoms with Gasteiger partial charge in [0.1, 0.15) is 23.9 Å². The highest BCUT2D eigenvalue weighted by Gasteiger charge is 2.44. The average molecular weight is 550 g/mol. The van der Waals surface area contributed by atoms with Crippen molar-refractivity contribution in [3.8, 4) is 11.3 Å². The number of halogens is 4. The Bertz CT molecular complexity index is 1240. The lowest BCUT2D eigenvalue weighted by molar-refractivity contribution is -0.153. The lowest BCUT2D eigenvalue weighted by Gasteiger charge is -2.37. The molecular formula is C29H35F4N3O3. The number of Topliss-reactive ketones (excluding diaryl/α,β-unsaturated/α-hetero) is 1. The molecule has 3 heterocycles. The first-order chi connectivity index (χ1) is 18.4. The van der Waals surface area contributed by atoms with Gasteiger partial charge in [0, 0.05) is 36.7 Å². The second-order valence-corrected chi connectivity index (χ2v) is 11.2. The third-order valence-electron chi connectivity index (χ3n) is 7.14.